The molecule has 0 saturated carbocycles. The van der Waals surface area contributed by atoms with Gasteiger partial charge < -0.3 is 0 Å². The first-order chi connectivity index (χ1) is 15.9. The quantitative estimate of drug-likeness (QED) is 0.268. The van der Waals surface area contributed by atoms with Crippen LogP contribution < -0.4 is 0 Å². The molecule has 3 heterocycles. The average Bonchev–Trinajstić information content (AvgIpc) is 2.88. The Balaban J connectivity index is 1.60. The summed E-state index contributed by atoms with van der Waals surface area (Å²) in [6, 6.07) is 27.8. The zero-order valence-corrected chi connectivity index (χ0v) is 17.2. The number of pyridine rings is 3. The number of hydrogen-bond acceptors (Lipinski definition) is 3. The van der Waals surface area contributed by atoms with E-state index in [1.54, 1.807) is 0 Å². The van der Waals surface area contributed by atoms with Crippen molar-refractivity contribution in [1.29, 1.82) is 0 Å². The zero-order valence-electron chi connectivity index (χ0n) is 17.2. The van der Waals surface area contributed by atoms with Crippen LogP contribution in [0.4, 0.5) is 0 Å². The lowest BCUT2D eigenvalue weighted by molar-refractivity contribution is 1.37. The van der Waals surface area contributed by atoms with Crippen molar-refractivity contribution in [3.05, 3.63) is 104 Å². The van der Waals surface area contributed by atoms with Crippen LogP contribution in [0.25, 0.3) is 65.3 Å². The normalized spacial score (nSPS) is 11.8. The van der Waals surface area contributed by atoms with Crippen LogP contribution in [0.2, 0.25) is 0 Å². The van der Waals surface area contributed by atoms with Crippen molar-refractivity contribution in [3.63, 3.8) is 0 Å². The Morgan fingerprint density at radius 1 is 0.500 bits per heavy atom. The standard InChI is InChI=1S/C29H17N3/c1-2-7-23-22(6-1)24-9-3-8-21(27(24)25-12-14-30-17-26(23)25)20-15-19-11-10-18-5-4-13-31-28(18)29(19)32-16-20/h1-17H. The van der Waals surface area contributed by atoms with Crippen LogP contribution in [-0.2, 0) is 0 Å². The number of fused-ring (bicyclic) bond motifs is 9. The van der Waals surface area contributed by atoms with E-state index in [0.29, 0.717) is 0 Å². The first-order valence-corrected chi connectivity index (χ1v) is 10.7. The smallest absolute Gasteiger partial charge is 0.0964 e. The highest BCUT2D eigenvalue weighted by atomic mass is 14.7. The summed E-state index contributed by atoms with van der Waals surface area (Å²) in [4.78, 5) is 13.9. The van der Waals surface area contributed by atoms with E-state index in [4.69, 9.17) is 4.98 Å². The third kappa shape index (κ3) is 2.39. The molecule has 0 unspecified atom stereocenters. The van der Waals surface area contributed by atoms with E-state index in [2.05, 4.69) is 82.8 Å². The Labute approximate surface area is 184 Å². The van der Waals surface area contributed by atoms with Crippen molar-refractivity contribution < 1.29 is 0 Å². The molecule has 0 N–H and O–H groups in total. The topological polar surface area (TPSA) is 38.7 Å². The second kappa shape index (κ2) is 6.56. The molecule has 0 bridgehead atoms. The second-order valence-corrected chi connectivity index (χ2v) is 8.13. The number of hydrogen-bond donors (Lipinski definition) is 0. The molecule has 0 spiro atoms. The molecule has 0 aliphatic carbocycles. The Bertz CT molecular complexity index is 1790. The molecule has 0 aliphatic rings. The van der Waals surface area contributed by atoms with Crippen molar-refractivity contribution in [2.45, 2.75) is 0 Å². The predicted octanol–water partition coefficient (Wildman–Crippen LogP) is 7.30. The van der Waals surface area contributed by atoms with Gasteiger partial charge in [-0.3, -0.25) is 15.0 Å². The molecular formula is C29H17N3. The largest absolute Gasteiger partial charge is 0.264 e. The second-order valence-electron chi connectivity index (χ2n) is 8.13. The van der Waals surface area contributed by atoms with Crippen molar-refractivity contribution in [3.8, 4) is 11.1 Å². The summed E-state index contributed by atoms with van der Waals surface area (Å²) < 4.78 is 0. The molecule has 0 fully saturated rings. The molecule has 32 heavy (non-hydrogen) atoms. The Kier molecular flexibility index (Phi) is 3.55. The van der Waals surface area contributed by atoms with Gasteiger partial charge in [0.2, 0.25) is 0 Å². The van der Waals surface area contributed by atoms with E-state index >= 15 is 0 Å². The fourth-order valence-electron chi connectivity index (χ4n) is 4.97. The summed E-state index contributed by atoms with van der Waals surface area (Å²) in [5, 5.41) is 9.55. The van der Waals surface area contributed by atoms with Crippen molar-refractivity contribution >= 4 is 54.1 Å². The van der Waals surface area contributed by atoms with Crippen LogP contribution in [0.3, 0.4) is 0 Å². The van der Waals surface area contributed by atoms with Crippen molar-refractivity contribution in [2.75, 3.05) is 0 Å². The van der Waals surface area contributed by atoms with E-state index in [9.17, 15) is 0 Å². The highest BCUT2D eigenvalue weighted by Crippen LogP contribution is 2.40. The maximum absolute atomic E-state index is 4.86. The molecule has 7 rings (SSSR count). The molecule has 3 heteroatoms. The van der Waals surface area contributed by atoms with Crippen LogP contribution >= 0.6 is 0 Å². The van der Waals surface area contributed by atoms with Gasteiger partial charge in [-0.05, 0) is 50.7 Å². The van der Waals surface area contributed by atoms with Gasteiger partial charge >= 0.3 is 0 Å². The summed E-state index contributed by atoms with van der Waals surface area (Å²) in [7, 11) is 0. The Morgan fingerprint density at radius 2 is 1.28 bits per heavy atom. The number of rotatable bonds is 1. The fraction of sp³-hybridized carbons (Fsp3) is 0. The van der Waals surface area contributed by atoms with Gasteiger partial charge in [-0.2, -0.15) is 0 Å². The van der Waals surface area contributed by atoms with E-state index in [1.807, 2.05) is 30.9 Å². The summed E-state index contributed by atoms with van der Waals surface area (Å²) >= 11 is 0. The van der Waals surface area contributed by atoms with Crippen LogP contribution in [0, 0.1) is 0 Å². The van der Waals surface area contributed by atoms with Crippen LogP contribution in [0.1, 0.15) is 0 Å². The van der Waals surface area contributed by atoms with Gasteiger partial charge in [0, 0.05) is 46.5 Å². The maximum Gasteiger partial charge on any atom is 0.0964 e. The van der Waals surface area contributed by atoms with Gasteiger partial charge in [-0.25, -0.2) is 0 Å². The third-order valence-corrected chi connectivity index (χ3v) is 6.40. The average molecular weight is 407 g/mol. The Hall–Kier alpha value is -4.37. The minimum absolute atomic E-state index is 0.937. The number of aromatic nitrogens is 3. The van der Waals surface area contributed by atoms with Gasteiger partial charge in [-0.15, -0.1) is 0 Å². The van der Waals surface area contributed by atoms with E-state index in [-0.39, 0.29) is 0 Å². The monoisotopic (exact) mass is 407 g/mol. The number of benzene rings is 4. The third-order valence-electron chi connectivity index (χ3n) is 6.40. The fourth-order valence-corrected chi connectivity index (χ4v) is 4.97. The first kappa shape index (κ1) is 17.3. The molecule has 0 saturated heterocycles. The summed E-state index contributed by atoms with van der Waals surface area (Å²) in [6.07, 6.45) is 7.66. The molecule has 3 nitrogen and oxygen atoms in total. The molecule has 7 aromatic rings. The summed E-state index contributed by atoms with van der Waals surface area (Å²) in [6.45, 7) is 0. The van der Waals surface area contributed by atoms with E-state index in [1.165, 1.54) is 37.9 Å². The molecule has 0 aliphatic heterocycles. The van der Waals surface area contributed by atoms with Crippen LogP contribution in [0.15, 0.2) is 104 Å². The molecule has 0 amide bonds. The summed E-state index contributed by atoms with van der Waals surface area (Å²) in [5.74, 6) is 0. The number of nitrogens with zero attached hydrogens (tertiary/aromatic N) is 3. The summed E-state index contributed by atoms with van der Waals surface area (Å²) in [5.41, 5.74) is 4.16. The van der Waals surface area contributed by atoms with Gasteiger partial charge in [-0.1, -0.05) is 60.7 Å². The molecule has 0 radical (unpaired) electrons. The predicted molar refractivity (Wildman–Crippen MR) is 133 cm³/mol. The SMILES string of the molecule is c1cnc2c(c1)ccc1cc(-c3cccc4c5ccccc5c5cnccc5c34)cnc12. The first-order valence-electron chi connectivity index (χ1n) is 10.7. The molecular weight excluding hydrogens is 390 g/mol. The molecule has 0 atom stereocenters. The lowest BCUT2D eigenvalue weighted by Gasteiger charge is -2.14. The molecule has 3 aromatic heterocycles. The van der Waals surface area contributed by atoms with Crippen molar-refractivity contribution in [1.82, 2.24) is 15.0 Å². The minimum Gasteiger partial charge on any atom is -0.264 e. The highest BCUT2D eigenvalue weighted by molar-refractivity contribution is 6.28. The lowest BCUT2D eigenvalue weighted by atomic mass is 9.90. The zero-order chi connectivity index (χ0) is 21.1. The lowest BCUT2D eigenvalue weighted by Crippen LogP contribution is -1.90. The van der Waals surface area contributed by atoms with Gasteiger partial charge in [0.25, 0.3) is 0 Å². The van der Waals surface area contributed by atoms with Gasteiger partial charge in [0.1, 0.15) is 0 Å². The maximum atomic E-state index is 4.86. The van der Waals surface area contributed by atoms with Gasteiger partial charge in [0.05, 0.1) is 11.0 Å². The molecule has 148 valence electrons. The van der Waals surface area contributed by atoms with Gasteiger partial charge in [0.15, 0.2) is 0 Å². The minimum atomic E-state index is 0.937. The van der Waals surface area contributed by atoms with Crippen molar-refractivity contribution in [2.24, 2.45) is 0 Å². The van der Waals surface area contributed by atoms with E-state index < -0.39 is 0 Å². The van der Waals surface area contributed by atoms with Crippen LogP contribution in [0.5, 0.6) is 0 Å². The van der Waals surface area contributed by atoms with E-state index in [0.717, 1.165) is 27.4 Å². The van der Waals surface area contributed by atoms with Crippen LogP contribution in [-0.4, -0.2) is 15.0 Å². The Morgan fingerprint density at radius 3 is 2.22 bits per heavy atom. The molecule has 4 aromatic carbocycles. The highest BCUT2D eigenvalue weighted by Gasteiger charge is 2.13.